The number of halogens is 1. The summed E-state index contributed by atoms with van der Waals surface area (Å²) >= 11 is 5.85. The molecular weight excluding hydrogens is 272 g/mol. The number of rotatable bonds is 5. The van der Waals surface area contributed by atoms with E-state index >= 15 is 0 Å². The second-order valence-electron chi connectivity index (χ2n) is 5.06. The largest absolute Gasteiger partial charge is 0.335 e. The summed E-state index contributed by atoms with van der Waals surface area (Å²) < 4.78 is 0. The summed E-state index contributed by atoms with van der Waals surface area (Å²) in [7, 11) is 0. The predicted molar refractivity (Wildman–Crippen MR) is 83.8 cm³/mol. The molecule has 0 aliphatic carbocycles. The van der Waals surface area contributed by atoms with Gasteiger partial charge in [-0.05, 0) is 43.2 Å². The lowest BCUT2D eigenvalue weighted by Gasteiger charge is -2.27. The van der Waals surface area contributed by atoms with Crippen molar-refractivity contribution in [1.82, 2.24) is 10.2 Å². The quantitative estimate of drug-likeness (QED) is 0.846. The van der Waals surface area contributed by atoms with Gasteiger partial charge in [0.1, 0.15) is 0 Å². The molecule has 1 amide bonds. The summed E-state index contributed by atoms with van der Waals surface area (Å²) in [6.45, 7) is 4.82. The Hall–Kier alpha value is -1.32. The fourth-order valence-electron chi connectivity index (χ4n) is 2.46. The smallest absolute Gasteiger partial charge is 0.246 e. The molecule has 2 rings (SSSR count). The van der Waals surface area contributed by atoms with Crippen LogP contribution in [0.1, 0.15) is 25.3 Å². The average molecular weight is 293 g/mol. The molecule has 1 aliphatic rings. The van der Waals surface area contributed by atoms with Gasteiger partial charge in [0, 0.05) is 30.2 Å². The van der Waals surface area contributed by atoms with Gasteiger partial charge in [-0.2, -0.15) is 0 Å². The van der Waals surface area contributed by atoms with E-state index in [1.54, 1.807) is 6.08 Å². The number of carbonyl (C=O) groups excluding carboxylic acids is 1. The Morgan fingerprint density at radius 2 is 2.20 bits per heavy atom. The van der Waals surface area contributed by atoms with E-state index in [9.17, 15) is 4.79 Å². The summed E-state index contributed by atoms with van der Waals surface area (Å²) in [6, 6.07) is 7.81. The van der Waals surface area contributed by atoms with Crippen molar-refractivity contribution in [3.8, 4) is 0 Å². The minimum absolute atomic E-state index is 0.0931. The lowest BCUT2D eigenvalue weighted by Crippen LogP contribution is -2.41. The number of hydrogen-bond donors (Lipinski definition) is 1. The highest BCUT2D eigenvalue weighted by Crippen LogP contribution is 2.13. The average Bonchev–Trinajstić information content (AvgIpc) is 2.97. The molecule has 1 heterocycles. The SMILES string of the molecule is CCCN(C(=O)C=Cc1ccc(Cl)cc1)C1CCNC1. The normalized spacial score (nSPS) is 18.6. The van der Waals surface area contributed by atoms with E-state index in [4.69, 9.17) is 11.6 Å². The molecule has 1 aliphatic heterocycles. The zero-order valence-corrected chi connectivity index (χ0v) is 12.6. The monoisotopic (exact) mass is 292 g/mol. The first kappa shape index (κ1) is 15.1. The molecule has 1 aromatic carbocycles. The van der Waals surface area contributed by atoms with E-state index in [1.807, 2.05) is 35.2 Å². The van der Waals surface area contributed by atoms with Gasteiger partial charge in [-0.3, -0.25) is 4.79 Å². The molecule has 1 unspecified atom stereocenters. The van der Waals surface area contributed by atoms with Gasteiger partial charge in [-0.1, -0.05) is 30.7 Å². The maximum absolute atomic E-state index is 12.3. The summed E-state index contributed by atoms with van der Waals surface area (Å²) in [4.78, 5) is 14.3. The van der Waals surface area contributed by atoms with Crippen molar-refractivity contribution < 1.29 is 4.79 Å². The highest BCUT2D eigenvalue weighted by molar-refractivity contribution is 6.30. The summed E-state index contributed by atoms with van der Waals surface area (Å²) in [6.07, 6.45) is 5.54. The van der Waals surface area contributed by atoms with Crippen molar-refractivity contribution in [3.05, 3.63) is 40.9 Å². The first-order valence-corrected chi connectivity index (χ1v) is 7.53. The van der Waals surface area contributed by atoms with Gasteiger partial charge in [-0.15, -0.1) is 0 Å². The van der Waals surface area contributed by atoms with Crippen LogP contribution in [0.5, 0.6) is 0 Å². The Morgan fingerprint density at radius 1 is 1.45 bits per heavy atom. The second-order valence-corrected chi connectivity index (χ2v) is 5.50. The van der Waals surface area contributed by atoms with Crippen molar-refractivity contribution in [2.75, 3.05) is 19.6 Å². The Morgan fingerprint density at radius 3 is 2.80 bits per heavy atom. The van der Waals surface area contributed by atoms with Gasteiger partial charge in [-0.25, -0.2) is 0 Å². The second kappa shape index (κ2) is 7.46. The van der Waals surface area contributed by atoms with E-state index in [2.05, 4.69) is 12.2 Å². The number of amides is 1. The van der Waals surface area contributed by atoms with E-state index in [-0.39, 0.29) is 5.91 Å². The van der Waals surface area contributed by atoms with Crippen LogP contribution in [0.4, 0.5) is 0 Å². The number of hydrogen-bond acceptors (Lipinski definition) is 2. The number of nitrogens with one attached hydrogen (secondary N) is 1. The molecule has 0 saturated carbocycles. The number of benzene rings is 1. The Kier molecular flexibility index (Phi) is 5.62. The van der Waals surface area contributed by atoms with Crippen molar-refractivity contribution >= 4 is 23.6 Å². The van der Waals surface area contributed by atoms with Gasteiger partial charge in [0.15, 0.2) is 0 Å². The lowest BCUT2D eigenvalue weighted by atomic mass is 10.1. The van der Waals surface area contributed by atoms with Crippen LogP contribution >= 0.6 is 11.6 Å². The van der Waals surface area contributed by atoms with Crippen molar-refractivity contribution in [1.29, 1.82) is 0 Å². The molecule has 0 spiro atoms. The zero-order chi connectivity index (χ0) is 14.4. The van der Waals surface area contributed by atoms with Crippen LogP contribution in [0, 0.1) is 0 Å². The maximum atomic E-state index is 12.3. The van der Waals surface area contributed by atoms with E-state index in [1.165, 1.54) is 0 Å². The molecule has 4 heteroatoms. The first-order chi connectivity index (χ1) is 9.70. The fraction of sp³-hybridized carbons (Fsp3) is 0.438. The van der Waals surface area contributed by atoms with Crippen LogP contribution in [-0.2, 0) is 4.79 Å². The van der Waals surface area contributed by atoms with Crippen molar-refractivity contribution in [3.63, 3.8) is 0 Å². The van der Waals surface area contributed by atoms with Crippen LogP contribution < -0.4 is 5.32 Å². The van der Waals surface area contributed by atoms with Crippen LogP contribution in [0.15, 0.2) is 30.3 Å². The Balaban J connectivity index is 2.01. The minimum Gasteiger partial charge on any atom is -0.335 e. The molecule has 3 nitrogen and oxygen atoms in total. The number of carbonyl (C=O) groups is 1. The van der Waals surface area contributed by atoms with Gasteiger partial charge in [0.25, 0.3) is 0 Å². The van der Waals surface area contributed by atoms with Crippen LogP contribution in [-0.4, -0.2) is 36.5 Å². The van der Waals surface area contributed by atoms with E-state index in [0.717, 1.165) is 38.0 Å². The standard InChI is InChI=1S/C16H21ClN2O/c1-2-11-19(15-9-10-18-12-15)16(20)8-5-13-3-6-14(17)7-4-13/h3-8,15,18H,2,9-12H2,1H3. The van der Waals surface area contributed by atoms with Crippen LogP contribution in [0.2, 0.25) is 5.02 Å². The highest BCUT2D eigenvalue weighted by atomic mass is 35.5. The van der Waals surface area contributed by atoms with E-state index < -0.39 is 0 Å². The van der Waals surface area contributed by atoms with Gasteiger partial charge in [0.05, 0.1) is 0 Å². The maximum Gasteiger partial charge on any atom is 0.246 e. The molecule has 1 N–H and O–H groups in total. The molecule has 0 aromatic heterocycles. The summed E-state index contributed by atoms with van der Waals surface area (Å²) in [5.74, 6) is 0.0931. The summed E-state index contributed by atoms with van der Waals surface area (Å²) in [5.41, 5.74) is 0.990. The highest BCUT2D eigenvalue weighted by Gasteiger charge is 2.24. The van der Waals surface area contributed by atoms with E-state index in [0.29, 0.717) is 11.1 Å². The molecule has 1 atom stereocenters. The van der Waals surface area contributed by atoms with Crippen molar-refractivity contribution in [2.45, 2.75) is 25.8 Å². The van der Waals surface area contributed by atoms with Crippen LogP contribution in [0.3, 0.4) is 0 Å². The molecule has 1 aromatic rings. The molecule has 20 heavy (non-hydrogen) atoms. The van der Waals surface area contributed by atoms with Gasteiger partial charge >= 0.3 is 0 Å². The third kappa shape index (κ3) is 4.09. The Labute approximate surface area is 125 Å². The fourth-order valence-corrected chi connectivity index (χ4v) is 2.58. The lowest BCUT2D eigenvalue weighted by molar-refractivity contribution is -0.127. The molecule has 1 saturated heterocycles. The topological polar surface area (TPSA) is 32.3 Å². The zero-order valence-electron chi connectivity index (χ0n) is 11.8. The number of nitrogens with zero attached hydrogens (tertiary/aromatic N) is 1. The molecule has 1 fully saturated rings. The third-order valence-electron chi connectivity index (χ3n) is 3.51. The van der Waals surface area contributed by atoms with Gasteiger partial charge in [0.2, 0.25) is 5.91 Å². The third-order valence-corrected chi connectivity index (χ3v) is 3.76. The van der Waals surface area contributed by atoms with Crippen LogP contribution in [0.25, 0.3) is 6.08 Å². The minimum atomic E-state index is 0.0931. The predicted octanol–water partition coefficient (Wildman–Crippen LogP) is 2.95. The molecule has 108 valence electrons. The first-order valence-electron chi connectivity index (χ1n) is 7.15. The summed E-state index contributed by atoms with van der Waals surface area (Å²) in [5, 5.41) is 4.02. The van der Waals surface area contributed by atoms with Crippen molar-refractivity contribution in [2.24, 2.45) is 0 Å². The Bertz CT molecular complexity index is 464. The molecule has 0 bridgehead atoms. The van der Waals surface area contributed by atoms with Gasteiger partial charge < -0.3 is 10.2 Å². The molecule has 0 radical (unpaired) electrons. The molecular formula is C16H21ClN2O.